The smallest absolute Gasteiger partial charge is 0.414 e. The van der Waals surface area contributed by atoms with Crippen molar-refractivity contribution in [1.29, 1.82) is 0 Å². The van der Waals surface area contributed by atoms with E-state index in [-0.39, 0.29) is 23.6 Å². The molecule has 1 saturated heterocycles. The fourth-order valence-electron chi connectivity index (χ4n) is 3.11. The standard InChI is InChI=1S/C18H18N4O4S2/c1-2-26-18(25)21-14(23)10-7-8-27-16(10)20-15(24)11-9-22-12-5-3-4-6-13(12)28-17(22)19-11/h3-8,11,17,19H,2,9H2,1H3,(H,20,24)(H,21,23,25). The molecule has 4 rings (SSSR count). The SMILES string of the molecule is CCOC(=O)NC(=O)c1ccsc1NC(=O)C1CN2c3ccccc3SC2N1. The highest BCUT2D eigenvalue weighted by molar-refractivity contribution is 8.00. The normalized spacial score (nSPS) is 19.7. The Bertz CT molecular complexity index is 932. The van der Waals surface area contributed by atoms with Crippen molar-refractivity contribution in [2.75, 3.05) is 23.4 Å². The third-order valence-electron chi connectivity index (χ3n) is 4.37. The quantitative estimate of drug-likeness (QED) is 0.701. The van der Waals surface area contributed by atoms with Gasteiger partial charge in [0.25, 0.3) is 5.91 Å². The maximum atomic E-state index is 12.7. The third kappa shape index (κ3) is 3.58. The van der Waals surface area contributed by atoms with Gasteiger partial charge in [-0.2, -0.15) is 0 Å². The van der Waals surface area contributed by atoms with Crippen LogP contribution in [0.2, 0.25) is 0 Å². The topological polar surface area (TPSA) is 99.8 Å². The second kappa shape index (κ2) is 7.82. The van der Waals surface area contributed by atoms with Crippen molar-refractivity contribution < 1.29 is 19.1 Å². The summed E-state index contributed by atoms with van der Waals surface area (Å²) >= 11 is 2.90. The lowest BCUT2D eigenvalue weighted by Crippen LogP contribution is -2.40. The molecule has 1 fully saturated rings. The largest absolute Gasteiger partial charge is 0.450 e. The molecule has 146 valence electrons. The van der Waals surface area contributed by atoms with E-state index in [0.29, 0.717) is 11.5 Å². The van der Waals surface area contributed by atoms with Crippen molar-refractivity contribution >= 4 is 51.7 Å². The number of anilines is 2. The number of ether oxygens (including phenoxy) is 1. The lowest BCUT2D eigenvalue weighted by molar-refractivity contribution is -0.117. The fraction of sp³-hybridized carbons (Fsp3) is 0.278. The number of benzene rings is 1. The summed E-state index contributed by atoms with van der Waals surface area (Å²) in [4.78, 5) is 39.8. The number of thioether (sulfide) groups is 1. The van der Waals surface area contributed by atoms with Gasteiger partial charge in [-0.15, -0.1) is 11.3 Å². The van der Waals surface area contributed by atoms with Gasteiger partial charge in [0.2, 0.25) is 5.91 Å². The molecule has 2 unspecified atom stereocenters. The van der Waals surface area contributed by atoms with Gasteiger partial charge in [-0.3, -0.25) is 20.2 Å². The average Bonchev–Trinajstić information content (AvgIpc) is 3.35. The summed E-state index contributed by atoms with van der Waals surface area (Å²) in [6, 6.07) is 9.24. The van der Waals surface area contributed by atoms with E-state index in [9.17, 15) is 14.4 Å². The molecule has 0 aliphatic carbocycles. The molecule has 2 atom stereocenters. The Morgan fingerprint density at radius 1 is 1.29 bits per heavy atom. The predicted octanol–water partition coefficient (Wildman–Crippen LogP) is 2.44. The Balaban J connectivity index is 1.40. The lowest BCUT2D eigenvalue weighted by atomic mass is 10.2. The molecule has 0 bridgehead atoms. The lowest BCUT2D eigenvalue weighted by Gasteiger charge is -2.16. The van der Waals surface area contributed by atoms with E-state index in [1.165, 1.54) is 16.2 Å². The van der Waals surface area contributed by atoms with E-state index in [1.807, 2.05) is 18.2 Å². The monoisotopic (exact) mass is 418 g/mol. The molecule has 2 aliphatic heterocycles. The summed E-state index contributed by atoms with van der Waals surface area (Å²) in [5.41, 5.74) is 1.36. The zero-order valence-corrected chi connectivity index (χ0v) is 16.6. The molecule has 28 heavy (non-hydrogen) atoms. The third-order valence-corrected chi connectivity index (χ3v) is 6.42. The van der Waals surface area contributed by atoms with E-state index in [1.54, 1.807) is 30.1 Å². The van der Waals surface area contributed by atoms with E-state index in [0.717, 1.165) is 5.69 Å². The molecule has 1 aromatic heterocycles. The number of alkyl carbamates (subject to hydrolysis) is 1. The second-order valence-electron chi connectivity index (χ2n) is 6.14. The Morgan fingerprint density at radius 2 is 2.11 bits per heavy atom. The summed E-state index contributed by atoms with van der Waals surface area (Å²) < 4.78 is 4.71. The highest BCUT2D eigenvalue weighted by Gasteiger charge is 2.41. The van der Waals surface area contributed by atoms with Gasteiger partial charge in [0.05, 0.1) is 17.9 Å². The van der Waals surface area contributed by atoms with Crippen molar-refractivity contribution in [2.24, 2.45) is 0 Å². The summed E-state index contributed by atoms with van der Waals surface area (Å²) in [6.07, 6.45) is -0.815. The van der Waals surface area contributed by atoms with Crippen LogP contribution in [-0.2, 0) is 9.53 Å². The van der Waals surface area contributed by atoms with Crippen molar-refractivity contribution in [3.05, 3.63) is 41.3 Å². The Labute approximate surface area is 169 Å². The van der Waals surface area contributed by atoms with Gasteiger partial charge < -0.3 is 15.0 Å². The molecule has 3 heterocycles. The van der Waals surface area contributed by atoms with Crippen molar-refractivity contribution in [3.63, 3.8) is 0 Å². The highest BCUT2D eigenvalue weighted by atomic mass is 32.2. The van der Waals surface area contributed by atoms with Gasteiger partial charge in [0, 0.05) is 11.4 Å². The number of carbonyl (C=O) groups is 3. The number of nitrogens with zero attached hydrogens (tertiary/aromatic N) is 1. The van der Waals surface area contributed by atoms with Crippen LogP contribution in [0.4, 0.5) is 15.5 Å². The molecule has 0 spiro atoms. The van der Waals surface area contributed by atoms with Gasteiger partial charge >= 0.3 is 6.09 Å². The molecule has 2 aliphatic rings. The van der Waals surface area contributed by atoms with Crippen molar-refractivity contribution in [2.45, 2.75) is 23.4 Å². The Morgan fingerprint density at radius 3 is 2.93 bits per heavy atom. The first kappa shape index (κ1) is 18.8. The first-order valence-corrected chi connectivity index (χ1v) is 10.5. The van der Waals surface area contributed by atoms with Crippen molar-refractivity contribution in [1.82, 2.24) is 10.6 Å². The number of hydrogen-bond acceptors (Lipinski definition) is 8. The first-order chi connectivity index (χ1) is 13.6. The zero-order valence-electron chi connectivity index (χ0n) is 14.9. The van der Waals surface area contributed by atoms with Crippen LogP contribution in [0.3, 0.4) is 0 Å². The minimum Gasteiger partial charge on any atom is -0.450 e. The number of hydrogen-bond donors (Lipinski definition) is 3. The van der Waals surface area contributed by atoms with Crippen LogP contribution < -0.4 is 20.9 Å². The number of para-hydroxylation sites is 1. The van der Waals surface area contributed by atoms with Crippen LogP contribution in [0.15, 0.2) is 40.6 Å². The van der Waals surface area contributed by atoms with E-state index >= 15 is 0 Å². The molecule has 0 radical (unpaired) electrons. The molecule has 0 saturated carbocycles. The number of nitrogens with one attached hydrogen (secondary N) is 3. The molecule has 2 aromatic rings. The predicted molar refractivity (Wildman–Crippen MR) is 108 cm³/mol. The van der Waals surface area contributed by atoms with E-state index < -0.39 is 18.0 Å². The summed E-state index contributed by atoms with van der Waals surface area (Å²) in [7, 11) is 0. The van der Waals surface area contributed by atoms with Crippen LogP contribution in [0.1, 0.15) is 17.3 Å². The van der Waals surface area contributed by atoms with Gasteiger partial charge in [0.15, 0.2) is 0 Å². The maximum Gasteiger partial charge on any atom is 0.414 e. The number of fused-ring (bicyclic) bond motifs is 3. The molecule has 10 heteroatoms. The summed E-state index contributed by atoms with van der Waals surface area (Å²) in [5.74, 6) is -0.834. The molecule has 3 N–H and O–H groups in total. The Hall–Kier alpha value is -2.56. The van der Waals surface area contributed by atoms with Crippen LogP contribution in [-0.4, -0.2) is 42.6 Å². The number of rotatable bonds is 4. The van der Waals surface area contributed by atoms with Gasteiger partial charge in [-0.25, -0.2) is 4.79 Å². The van der Waals surface area contributed by atoms with Crippen LogP contribution in [0, 0.1) is 0 Å². The van der Waals surface area contributed by atoms with E-state index in [4.69, 9.17) is 4.74 Å². The molecular formula is C18H18N4O4S2. The molecule has 3 amide bonds. The van der Waals surface area contributed by atoms with Gasteiger partial charge in [-0.05, 0) is 30.5 Å². The minimum absolute atomic E-state index is 0.0167. The van der Waals surface area contributed by atoms with Crippen LogP contribution in [0.5, 0.6) is 0 Å². The Kier molecular flexibility index (Phi) is 5.25. The zero-order chi connectivity index (χ0) is 19.7. The number of imide groups is 1. The van der Waals surface area contributed by atoms with Gasteiger partial charge in [-0.1, -0.05) is 23.9 Å². The molecule has 8 nitrogen and oxygen atoms in total. The van der Waals surface area contributed by atoms with Crippen LogP contribution >= 0.6 is 23.1 Å². The van der Waals surface area contributed by atoms with E-state index in [2.05, 4.69) is 26.9 Å². The first-order valence-electron chi connectivity index (χ1n) is 8.71. The van der Waals surface area contributed by atoms with Crippen molar-refractivity contribution in [3.8, 4) is 0 Å². The maximum absolute atomic E-state index is 12.7. The molecular weight excluding hydrogens is 400 g/mol. The number of amides is 3. The second-order valence-corrected chi connectivity index (χ2v) is 8.17. The minimum atomic E-state index is -0.815. The van der Waals surface area contributed by atoms with Crippen LogP contribution in [0.25, 0.3) is 0 Å². The summed E-state index contributed by atoms with van der Waals surface area (Å²) in [5, 5.41) is 10.3. The molecule has 1 aromatic carbocycles. The van der Waals surface area contributed by atoms with Gasteiger partial charge in [0.1, 0.15) is 16.5 Å². The number of carbonyl (C=O) groups excluding carboxylic acids is 3. The fourth-order valence-corrected chi connectivity index (χ4v) is 5.16. The number of thiophene rings is 1. The average molecular weight is 419 g/mol. The highest BCUT2D eigenvalue weighted by Crippen LogP contribution is 2.44. The summed E-state index contributed by atoms with van der Waals surface area (Å²) in [6.45, 7) is 2.35.